The number of aromatic nitrogens is 4. The van der Waals surface area contributed by atoms with Crippen molar-refractivity contribution in [2.75, 3.05) is 18.0 Å². The molecule has 0 radical (unpaired) electrons. The Hall–Kier alpha value is -1.91. The van der Waals surface area contributed by atoms with Gasteiger partial charge in [-0.3, -0.25) is 5.10 Å². The van der Waals surface area contributed by atoms with Crippen molar-refractivity contribution in [1.29, 1.82) is 0 Å². The second kappa shape index (κ2) is 4.99. The predicted molar refractivity (Wildman–Crippen MR) is 75.2 cm³/mol. The second-order valence-corrected chi connectivity index (χ2v) is 5.15. The molecular weight excluding hydrogens is 238 g/mol. The molecule has 100 valence electrons. The Labute approximate surface area is 113 Å². The molecule has 1 saturated heterocycles. The SMILES string of the molecule is Cc1cc(-c2cn[nH]c2C)nc(N2CCCCC2)n1. The number of nitrogens with zero attached hydrogens (tertiary/aromatic N) is 4. The van der Waals surface area contributed by atoms with Crippen molar-refractivity contribution >= 4 is 5.95 Å². The molecule has 1 N–H and O–H groups in total. The molecule has 0 bridgehead atoms. The molecule has 1 aliphatic heterocycles. The molecule has 0 amide bonds. The van der Waals surface area contributed by atoms with Gasteiger partial charge in [0.1, 0.15) is 0 Å². The van der Waals surface area contributed by atoms with Crippen LogP contribution in [0.5, 0.6) is 0 Å². The highest BCUT2D eigenvalue weighted by Gasteiger charge is 2.16. The van der Waals surface area contributed by atoms with E-state index in [0.717, 1.165) is 41.7 Å². The van der Waals surface area contributed by atoms with Crippen LogP contribution in [-0.2, 0) is 0 Å². The Kier molecular flexibility index (Phi) is 3.19. The zero-order valence-electron chi connectivity index (χ0n) is 11.5. The Morgan fingerprint density at radius 3 is 2.58 bits per heavy atom. The topological polar surface area (TPSA) is 57.7 Å². The predicted octanol–water partition coefficient (Wildman–Crippen LogP) is 2.47. The maximum absolute atomic E-state index is 4.72. The van der Waals surface area contributed by atoms with Crippen molar-refractivity contribution in [3.63, 3.8) is 0 Å². The maximum Gasteiger partial charge on any atom is 0.226 e. The van der Waals surface area contributed by atoms with Gasteiger partial charge in [-0.05, 0) is 39.2 Å². The maximum atomic E-state index is 4.72. The third-order valence-electron chi connectivity index (χ3n) is 3.59. The minimum absolute atomic E-state index is 0.857. The fraction of sp³-hybridized carbons (Fsp3) is 0.500. The third kappa shape index (κ3) is 2.45. The quantitative estimate of drug-likeness (QED) is 0.898. The van der Waals surface area contributed by atoms with Gasteiger partial charge in [-0.1, -0.05) is 0 Å². The number of anilines is 1. The summed E-state index contributed by atoms with van der Waals surface area (Å²) < 4.78 is 0. The van der Waals surface area contributed by atoms with Gasteiger partial charge < -0.3 is 4.90 Å². The van der Waals surface area contributed by atoms with E-state index >= 15 is 0 Å². The molecule has 5 nitrogen and oxygen atoms in total. The van der Waals surface area contributed by atoms with E-state index in [-0.39, 0.29) is 0 Å². The molecule has 1 fully saturated rings. The van der Waals surface area contributed by atoms with Gasteiger partial charge in [-0.25, -0.2) is 9.97 Å². The molecule has 5 heteroatoms. The highest BCUT2D eigenvalue weighted by Crippen LogP contribution is 2.23. The summed E-state index contributed by atoms with van der Waals surface area (Å²) in [7, 11) is 0. The largest absolute Gasteiger partial charge is 0.341 e. The Morgan fingerprint density at radius 2 is 1.89 bits per heavy atom. The van der Waals surface area contributed by atoms with Crippen LogP contribution < -0.4 is 4.90 Å². The lowest BCUT2D eigenvalue weighted by atomic mass is 10.1. The molecule has 0 saturated carbocycles. The molecule has 0 spiro atoms. The molecule has 0 aromatic carbocycles. The van der Waals surface area contributed by atoms with Crippen molar-refractivity contribution in [3.05, 3.63) is 23.7 Å². The van der Waals surface area contributed by atoms with Crippen LogP contribution in [-0.4, -0.2) is 33.3 Å². The van der Waals surface area contributed by atoms with Gasteiger partial charge in [0.05, 0.1) is 11.9 Å². The lowest BCUT2D eigenvalue weighted by molar-refractivity contribution is 0.568. The molecule has 3 rings (SSSR count). The summed E-state index contributed by atoms with van der Waals surface area (Å²) in [4.78, 5) is 11.6. The van der Waals surface area contributed by atoms with Crippen LogP contribution in [0.2, 0.25) is 0 Å². The number of H-pyrrole nitrogens is 1. The average molecular weight is 257 g/mol. The van der Waals surface area contributed by atoms with E-state index in [2.05, 4.69) is 20.1 Å². The lowest BCUT2D eigenvalue weighted by Gasteiger charge is -2.27. The zero-order chi connectivity index (χ0) is 13.2. The van der Waals surface area contributed by atoms with Crippen LogP contribution in [0.15, 0.2) is 12.3 Å². The molecule has 2 aromatic rings. The highest BCUT2D eigenvalue weighted by molar-refractivity contribution is 5.62. The van der Waals surface area contributed by atoms with E-state index in [1.807, 2.05) is 26.1 Å². The number of piperidine rings is 1. The van der Waals surface area contributed by atoms with Crippen molar-refractivity contribution in [2.24, 2.45) is 0 Å². The zero-order valence-corrected chi connectivity index (χ0v) is 11.5. The molecular formula is C14H19N5. The molecule has 0 unspecified atom stereocenters. The summed E-state index contributed by atoms with van der Waals surface area (Å²) in [6.07, 6.45) is 5.61. The summed E-state index contributed by atoms with van der Waals surface area (Å²) in [5, 5.41) is 7.03. The first-order chi connectivity index (χ1) is 9.24. The van der Waals surface area contributed by atoms with Crippen LogP contribution in [0.4, 0.5) is 5.95 Å². The van der Waals surface area contributed by atoms with Gasteiger partial charge in [0.15, 0.2) is 0 Å². The summed E-state index contributed by atoms with van der Waals surface area (Å²) in [5.74, 6) is 0.857. The van der Waals surface area contributed by atoms with Crippen molar-refractivity contribution < 1.29 is 0 Å². The van der Waals surface area contributed by atoms with E-state index in [1.54, 1.807) is 0 Å². The fourth-order valence-corrected chi connectivity index (χ4v) is 2.54. The number of aryl methyl sites for hydroxylation is 2. The van der Waals surface area contributed by atoms with Crippen LogP contribution >= 0.6 is 0 Å². The Morgan fingerprint density at radius 1 is 1.11 bits per heavy atom. The number of rotatable bonds is 2. The van der Waals surface area contributed by atoms with E-state index in [1.165, 1.54) is 19.3 Å². The smallest absolute Gasteiger partial charge is 0.226 e. The number of hydrogen-bond acceptors (Lipinski definition) is 4. The summed E-state index contributed by atoms with van der Waals surface area (Å²) >= 11 is 0. The number of nitrogens with one attached hydrogen (secondary N) is 1. The van der Waals surface area contributed by atoms with Gasteiger partial charge >= 0.3 is 0 Å². The van der Waals surface area contributed by atoms with Gasteiger partial charge in [0, 0.05) is 30.0 Å². The summed E-state index contributed by atoms with van der Waals surface area (Å²) in [6, 6.07) is 2.02. The minimum Gasteiger partial charge on any atom is -0.341 e. The number of aromatic amines is 1. The van der Waals surface area contributed by atoms with Crippen molar-refractivity contribution in [3.8, 4) is 11.3 Å². The first-order valence-corrected chi connectivity index (χ1v) is 6.85. The van der Waals surface area contributed by atoms with Crippen LogP contribution in [0.1, 0.15) is 30.7 Å². The molecule has 0 atom stereocenters. The first-order valence-electron chi connectivity index (χ1n) is 6.85. The van der Waals surface area contributed by atoms with Crippen LogP contribution in [0.25, 0.3) is 11.3 Å². The second-order valence-electron chi connectivity index (χ2n) is 5.15. The molecule has 2 aromatic heterocycles. The van der Waals surface area contributed by atoms with Crippen LogP contribution in [0, 0.1) is 13.8 Å². The molecule has 19 heavy (non-hydrogen) atoms. The van der Waals surface area contributed by atoms with E-state index in [9.17, 15) is 0 Å². The van der Waals surface area contributed by atoms with E-state index < -0.39 is 0 Å². The summed E-state index contributed by atoms with van der Waals surface area (Å²) in [6.45, 7) is 6.16. The lowest BCUT2D eigenvalue weighted by Crippen LogP contribution is -2.31. The number of hydrogen-bond donors (Lipinski definition) is 1. The average Bonchev–Trinajstić information content (AvgIpc) is 2.85. The molecule has 1 aliphatic rings. The van der Waals surface area contributed by atoms with Crippen molar-refractivity contribution in [2.45, 2.75) is 33.1 Å². The highest BCUT2D eigenvalue weighted by atomic mass is 15.3. The van der Waals surface area contributed by atoms with E-state index in [4.69, 9.17) is 4.98 Å². The van der Waals surface area contributed by atoms with Crippen LogP contribution in [0.3, 0.4) is 0 Å². The van der Waals surface area contributed by atoms with Gasteiger partial charge in [-0.2, -0.15) is 5.10 Å². The summed E-state index contributed by atoms with van der Waals surface area (Å²) in [5.41, 5.74) is 4.07. The van der Waals surface area contributed by atoms with Crippen molar-refractivity contribution in [1.82, 2.24) is 20.2 Å². The monoisotopic (exact) mass is 257 g/mol. The van der Waals surface area contributed by atoms with E-state index in [0.29, 0.717) is 0 Å². The normalized spacial score (nSPS) is 15.8. The Balaban J connectivity index is 1.98. The molecule has 0 aliphatic carbocycles. The minimum atomic E-state index is 0.857. The fourth-order valence-electron chi connectivity index (χ4n) is 2.54. The van der Waals surface area contributed by atoms with Gasteiger partial charge in [-0.15, -0.1) is 0 Å². The van der Waals surface area contributed by atoms with Gasteiger partial charge in [0.25, 0.3) is 0 Å². The van der Waals surface area contributed by atoms with Gasteiger partial charge in [0.2, 0.25) is 5.95 Å². The molecule has 3 heterocycles. The Bertz CT molecular complexity index is 569. The standard InChI is InChI=1S/C14H19N5/c1-10-8-13(12-9-15-18-11(12)2)17-14(16-10)19-6-4-3-5-7-19/h8-9H,3-7H2,1-2H3,(H,15,18). The first kappa shape index (κ1) is 12.1. The third-order valence-corrected chi connectivity index (χ3v) is 3.59.